The molecule has 0 saturated carbocycles. The van der Waals surface area contributed by atoms with Crippen LogP contribution < -0.4 is 10.5 Å². The van der Waals surface area contributed by atoms with Gasteiger partial charge in [-0.25, -0.2) is 0 Å². The summed E-state index contributed by atoms with van der Waals surface area (Å²) in [6, 6.07) is 2.13. The molecule has 2 aliphatic rings. The number of nitriles is 1. The van der Waals surface area contributed by atoms with E-state index in [1.807, 2.05) is 19.9 Å². The number of thioether (sulfide) groups is 1. The molecule has 0 aliphatic carbocycles. The van der Waals surface area contributed by atoms with Gasteiger partial charge in [-0.05, 0) is 44.2 Å². The van der Waals surface area contributed by atoms with Gasteiger partial charge in [0.25, 0.3) is 11.5 Å². The van der Waals surface area contributed by atoms with E-state index in [9.17, 15) is 14.9 Å². The van der Waals surface area contributed by atoms with E-state index in [4.69, 9.17) is 12.2 Å². The maximum Gasteiger partial charge on any atom is 0.270 e. The molecule has 1 aromatic rings. The van der Waals surface area contributed by atoms with Crippen LogP contribution in [0.5, 0.6) is 0 Å². The number of thiocarbonyl (C=S) groups is 1. The number of carbonyl (C=O) groups excluding carboxylic acids is 1. The van der Waals surface area contributed by atoms with Crippen molar-refractivity contribution in [3.63, 3.8) is 0 Å². The van der Waals surface area contributed by atoms with Crippen molar-refractivity contribution in [2.24, 2.45) is 0 Å². The van der Waals surface area contributed by atoms with Crippen LogP contribution in [-0.4, -0.2) is 39.3 Å². The zero-order valence-electron chi connectivity index (χ0n) is 23.5. The second-order valence-corrected chi connectivity index (χ2v) is 12.2. The highest BCUT2D eigenvalue weighted by Crippen LogP contribution is 2.36. The van der Waals surface area contributed by atoms with Crippen molar-refractivity contribution in [2.45, 2.75) is 111 Å². The average Bonchev–Trinajstić information content (AvgIpc) is 3.52. The first-order valence-electron chi connectivity index (χ1n) is 14.6. The highest BCUT2D eigenvalue weighted by molar-refractivity contribution is 8.26. The van der Waals surface area contributed by atoms with Gasteiger partial charge in [-0.2, -0.15) is 5.26 Å². The quantitative estimate of drug-likeness (QED) is 0.130. The zero-order valence-corrected chi connectivity index (χ0v) is 25.2. The van der Waals surface area contributed by atoms with Crippen LogP contribution in [0.25, 0.3) is 6.08 Å². The summed E-state index contributed by atoms with van der Waals surface area (Å²) in [4.78, 5) is 31.1. The van der Waals surface area contributed by atoms with Gasteiger partial charge in [0, 0.05) is 31.7 Å². The first-order valence-corrected chi connectivity index (χ1v) is 15.8. The van der Waals surface area contributed by atoms with Crippen molar-refractivity contribution in [3.8, 4) is 6.07 Å². The number of nitrogens with zero attached hydrogens (tertiary/aromatic N) is 4. The van der Waals surface area contributed by atoms with E-state index in [-0.39, 0.29) is 17.0 Å². The molecule has 0 bridgehead atoms. The van der Waals surface area contributed by atoms with Crippen LogP contribution in [0.1, 0.15) is 114 Å². The fraction of sp³-hybridized carbons (Fsp3) is 0.667. The molecule has 38 heavy (non-hydrogen) atoms. The second kappa shape index (κ2) is 15.5. The fourth-order valence-electron chi connectivity index (χ4n) is 5.43. The Morgan fingerprint density at radius 2 is 1.53 bits per heavy atom. The zero-order chi connectivity index (χ0) is 27.5. The Labute approximate surface area is 238 Å². The molecule has 0 spiro atoms. The van der Waals surface area contributed by atoms with Crippen molar-refractivity contribution in [2.75, 3.05) is 24.5 Å². The summed E-state index contributed by atoms with van der Waals surface area (Å²) in [5, 5.41) is 9.79. The molecule has 0 atom stereocenters. The largest absolute Gasteiger partial charge is 0.357 e. The summed E-state index contributed by atoms with van der Waals surface area (Å²) < 4.78 is 2.34. The minimum absolute atomic E-state index is 0.0607. The Morgan fingerprint density at radius 1 is 0.921 bits per heavy atom. The summed E-state index contributed by atoms with van der Waals surface area (Å²) in [6.45, 7) is 9.04. The fourth-order valence-corrected chi connectivity index (χ4v) is 6.72. The van der Waals surface area contributed by atoms with Crippen LogP contribution in [0.3, 0.4) is 0 Å². The molecule has 8 heteroatoms. The summed E-state index contributed by atoms with van der Waals surface area (Å²) in [6.07, 6.45) is 17.3. The van der Waals surface area contributed by atoms with Gasteiger partial charge in [0.05, 0.1) is 4.91 Å². The number of hydrogen-bond donors (Lipinski definition) is 0. The highest BCUT2D eigenvalue weighted by atomic mass is 32.2. The second-order valence-electron chi connectivity index (χ2n) is 10.5. The monoisotopic (exact) mass is 556 g/mol. The van der Waals surface area contributed by atoms with E-state index in [0.29, 0.717) is 27.9 Å². The molecular formula is C30H44N4O2S2. The van der Waals surface area contributed by atoms with E-state index in [1.54, 1.807) is 9.47 Å². The summed E-state index contributed by atoms with van der Waals surface area (Å²) in [5.41, 5.74) is 1.37. The molecule has 2 fully saturated rings. The van der Waals surface area contributed by atoms with Crippen LogP contribution in [0.2, 0.25) is 0 Å². The van der Waals surface area contributed by atoms with Crippen LogP contribution >= 0.6 is 24.0 Å². The molecule has 0 N–H and O–H groups in total. The average molecular weight is 557 g/mol. The topological polar surface area (TPSA) is 69.3 Å². The summed E-state index contributed by atoms with van der Waals surface area (Å²) in [7, 11) is 0. The Morgan fingerprint density at radius 3 is 2.11 bits per heavy atom. The van der Waals surface area contributed by atoms with Gasteiger partial charge in [0.15, 0.2) is 0 Å². The van der Waals surface area contributed by atoms with E-state index < -0.39 is 0 Å². The SMILES string of the molecule is CCCCCCCCCCCCN1C(=O)/C(=C/c2c(C)c(C#N)c(=O)n(CCC)c2N2CCCC2)SC1=S. The molecule has 2 saturated heterocycles. The van der Waals surface area contributed by atoms with Crippen molar-refractivity contribution in [1.29, 1.82) is 5.26 Å². The lowest BCUT2D eigenvalue weighted by Gasteiger charge is -2.26. The Balaban J connectivity index is 1.72. The van der Waals surface area contributed by atoms with Gasteiger partial charge in [-0.1, -0.05) is 95.6 Å². The van der Waals surface area contributed by atoms with Crippen LogP contribution in [0.15, 0.2) is 9.70 Å². The van der Waals surface area contributed by atoms with Crippen molar-refractivity contribution in [3.05, 3.63) is 31.9 Å². The number of anilines is 1. The van der Waals surface area contributed by atoms with Crippen LogP contribution in [0, 0.1) is 18.3 Å². The number of amides is 1. The molecule has 1 aromatic heterocycles. The molecule has 208 valence electrons. The third kappa shape index (κ3) is 7.51. The third-order valence-electron chi connectivity index (χ3n) is 7.58. The minimum atomic E-state index is -0.237. The Bertz CT molecular complexity index is 1110. The van der Waals surface area contributed by atoms with Gasteiger partial charge in [-0.3, -0.25) is 19.1 Å². The molecule has 1 amide bonds. The number of pyridine rings is 1. The number of unbranched alkanes of at least 4 members (excludes halogenated alkanes) is 9. The van der Waals surface area contributed by atoms with E-state index in [2.05, 4.69) is 17.9 Å². The summed E-state index contributed by atoms with van der Waals surface area (Å²) in [5.74, 6) is 0.778. The van der Waals surface area contributed by atoms with Crippen molar-refractivity contribution >= 4 is 46.1 Å². The van der Waals surface area contributed by atoms with Crippen molar-refractivity contribution in [1.82, 2.24) is 9.47 Å². The third-order valence-corrected chi connectivity index (χ3v) is 8.96. The number of carbonyl (C=O) groups is 1. The molecule has 3 heterocycles. The maximum absolute atomic E-state index is 13.4. The number of rotatable bonds is 15. The van der Waals surface area contributed by atoms with Crippen molar-refractivity contribution < 1.29 is 4.79 Å². The van der Waals surface area contributed by atoms with Gasteiger partial charge < -0.3 is 4.90 Å². The molecule has 0 unspecified atom stereocenters. The first-order chi connectivity index (χ1) is 18.4. The van der Waals surface area contributed by atoms with Gasteiger partial charge in [-0.15, -0.1) is 0 Å². The normalized spacial score (nSPS) is 16.7. The first kappa shape index (κ1) is 30.4. The molecule has 6 nitrogen and oxygen atoms in total. The van der Waals surface area contributed by atoms with Gasteiger partial charge >= 0.3 is 0 Å². The van der Waals surface area contributed by atoms with Gasteiger partial charge in [0.2, 0.25) is 0 Å². The lowest BCUT2D eigenvalue weighted by atomic mass is 10.0. The molecule has 2 aliphatic heterocycles. The van der Waals surface area contributed by atoms with E-state index >= 15 is 0 Å². The number of aromatic nitrogens is 1. The highest BCUT2D eigenvalue weighted by Gasteiger charge is 2.33. The lowest BCUT2D eigenvalue weighted by Crippen LogP contribution is -2.33. The van der Waals surface area contributed by atoms with Crippen LogP contribution in [-0.2, 0) is 11.3 Å². The summed E-state index contributed by atoms with van der Waals surface area (Å²) >= 11 is 6.93. The smallest absolute Gasteiger partial charge is 0.270 e. The Kier molecular flexibility index (Phi) is 12.4. The standard InChI is InChI=1S/C30H44N4O2S2/c1-4-6-7-8-9-10-11-12-13-14-20-34-29(36)26(38-30(34)37)21-24-23(3)25(22-31)28(35)33(17-5-2)27(24)32-18-15-16-19-32/h21H,4-20H2,1-3H3/b26-21-. The predicted molar refractivity (Wildman–Crippen MR) is 164 cm³/mol. The van der Waals surface area contributed by atoms with E-state index in [0.717, 1.165) is 56.6 Å². The molecule has 0 radical (unpaired) electrons. The van der Waals surface area contributed by atoms with E-state index in [1.165, 1.54) is 63.1 Å². The maximum atomic E-state index is 13.4. The lowest BCUT2D eigenvalue weighted by molar-refractivity contribution is -0.122. The predicted octanol–water partition coefficient (Wildman–Crippen LogP) is 7.16. The van der Waals surface area contributed by atoms with Gasteiger partial charge in [0.1, 0.15) is 21.8 Å². The molecule has 0 aromatic carbocycles. The Hall–Kier alpha value is -2.11. The molecule has 3 rings (SSSR count). The molecular weight excluding hydrogens is 512 g/mol. The minimum Gasteiger partial charge on any atom is -0.357 e. The van der Waals surface area contributed by atoms with Crippen LogP contribution in [0.4, 0.5) is 5.82 Å². The number of hydrogen-bond acceptors (Lipinski definition) is 6.